The molecule has 0 saturated carbocycles. The van der Waals surface area contributed by atoms with E-state index in [2.05, 4.69) is 30.2 Å². The number of aromatic nitrogens is 4. The minimum Gasteiger partial charge on any atom is -0.349 e. The van der Waals surface area contributed by atoms with Crippen LogP contribution in [-0.4, -0.2) is 45.0 Å². The number of piperidine rings is 1. The van der Waals surface area contributed by atoms with Gasteiger partial charge in [-0.15, -0.1) is 0 Å². The molecule has 1 aliphatic rings. The van der Waals surface area contributed by atoms with Crippen molar-refractivity contribution < 1.29 is 4.79 Å². The zero-order valence-electron chi connectivity index (χ0n) is 15.5. The number of nitrogens with zero attached hydrogens (tertiary/aromatic N) is 5. The number of para-hydroxylation sites is 1. The molecule has 1 aromatic carbocycles. The zero-order valence-corrected chi connectivity index (χ0v) is 15.5. The van der Waals surface area contributed by atoms with Crippen molar-refractivity contribution in [3.63, 3.8) is 0 Å². The Bertz CT molecular complexity index is 956. The maximum Gasteiger partial charge on any atom is 0.253 e. The molecule has 0 unspecified atom stereocenters. The second-order valence-corrected chi connectivity index (χ2v) is 6.92. The third-order valence-corrected chi connectivity index (χ3v) is 4.83. The van der Waals surface area contributed by atoms with Crippen molar-refractivity contribution in [3.05, 3.63) is 53.6 Å². The fourth-order valence-electron chi connectivity index (χ4n) is 3.51. The van der Waals surface area contributed by atoms with Crippen LogP contribution in [0.3, 0.4) is 0 Å². The minimum atomic E-state index is -0.0952. The Labute approximate surface area is 157 Å². The van der Waals surface area contributed by atoms with Crippen molar-refractivity contribution in [2.45, 2.75) is 32.7 Å². The monoisotopic (exact) mass is 362 g/mol. The Morgan fingerprint density at radius 2 is 1.78 bits per heavy atom. The second kappa shape index (κ2) is 7.26. The molecule has 1 saturated heterocycles. The van der Waals surface area contributed by atoms with E-state index in [0.717, 1.165) is 48.8 Å². The van der Waals surface area contributed by atoms with Crippen molar-refractivity contribution >= 4 is 22.9 Å². The quantitative estimate of drug-likeness (QED) is 0.770. The zero-order chi connectivity index (χ0) is 18.8. The number of amides is 1. The molecule has 1 amide bonds. The van der Waals surface area contributed by atoms with Crippen molar-refractivity contribution in [3.8, 4) is 0 Å². The van der Waals surface area contributed by atoms with Gasteiger partial charge in [-0.1, -0.05) is 6.07 Å². The average molecular weight is 362 g/mol. The van der Waals surface area contributed by atoms with E-state index < -0.39 is 0 Å². The summed E-state index contributed by atoms with van der Waals surface area (Å²) >= 11 is 0. The van der Waals surface area contributed by atoms with Gasteiger partial charge in [-0.25, -0.2) is 9.97 Å². The highest BCUT2D eigenvalue weighted by Gasteiger charge is 2.23. The number of benzene rings is 1. The van der Waals surface area contributed by atoms with Crippen LogP contribution in [-0.2, 0) is 0 Å². The predicted octanol–water partition coefficient (Wildman–Crippen LogP) is 2.44. The number of aryl methyl sites for hydroxylation is 2. The smallest absolute Gasteiger partial charge is 0.253 e. The van der Waals surface area contributed by atoms with Gasteiger partial charge in [0.05, 0.1) is 11.1 Å². The number of hydrogen-bond acceptors (Lipinski definition) is 6. The van der Waals surface area contributed by atoms with Gasteiger partial charge in [-0.3, -0.25) is 14.8 Å². The lowest BCUT2D eigenvalue weighted by molar-refractivity contribution is 0.0932. The molecule has 1 aliphatic heterocycles. The van der Waals surface area contributed by atoms with Crippen molar-refractivity contribution in [1.29, 1.82) is 0 Å². The van der Waals surface area contributed by atoms with Crippen LogP contribution >= 0.6 is 0 Å². The highest BCUT2D eigenvalue weighted by Crippen LogP contribution is 2.19. The van der Waals surface area contributed by atoms with E-state index in [4.69, 9.17) is 0 Å². The van der Waals surface area contributed by atoms with Crippen LogP contribution in [0, 0.1) is 13.8 Å². The summed E-state index contributed by atoms with van der Waals surface area (Å²) in [5.74, 6) is 0.684. The molecular formula is C20H22N6O. The van der Waals surface area contributed by atoms with E-state index >= 15 is 0 Å². The molecule has 1 fully saturated rings. The van der Waals surface area contributed by atoms with Gasteiger partial charge in [0, 0.05) is 42.9 Å². The average Bonchev–Trinajstić information content (AvgIpc) is 2.67. The van der Waals surface area contributed by atoms with E-state index in [0.29, 0.717) is 11.1 Å². The summed E-state index contributed by atoms with van der Waals surface area (Å²) in [6.45, 7) is 5.61. The highest BCUT2D eigenvalue weighted by molar-refractivity contribution is 6.04. The lowest BCUT2D eigenvalue weighted by Gasteiger charge is -2.32. The molecule has 138 valence electrons. The lowest BCUT2D eigenvalue weighted by atomic mass is 10.0. The molecule has 0 aliphatic carbocycles. The molecule has 0 atom stereocenters. The molecule has 7 nitrogen and oxygen atoms in total. The summed E-state index contributed by atoms with van der Waals surface area (Å²) in [5.41, 5.74) is 3.89. The normalized spacial score (nSPS) is 15.1. The first-order valence-corrected chi connectivity index (χ1v) is 9.18. The van der Waals surface area contributed by atoms with E-state index in [1.807, 2.05) is 32.0 Å². The van der Waals surface area contributed by atoms with Gasteiger partial charge in [-0.2, -0.15) is 0 Å². The third-order valence-electron chi connectivity index (χ3n) is 4.83. The van der Waals surface area contributed by atoms with Gasteiger partial charge in [-0.05, 0) is 44.9 Å². The molecular weight excluding hydrogens is 340 g/mol. The topological polar surface area (TPSA) is 83.9 Å². The fraction of sp³-hybridized carbons (Fsp3) is 0.350. The van der Waals surface area contributed by atoms with E-state index in [9.17, 15) is 4.79 Å². The van der Waals surface area contributed by atoms with Crippen LogP contribution in [0.25, 0.3) is 11.0 Å². The minimum absolute atomic E-state index is 0.0952. The Morgan fingerprint density at radius 3 is 2.52 bits per heavy atom. The van der Waals surface area contributed by atoms with Crippen molar-refractivity contribution in [2.24, 2.45) is 0 Å². The molecule has 4 rings (SSSR count). The summed E-state index contributed by atoms with van der Waals surface area (Å²) < 4.78 is 0. The number of carbonyl (C=O) groups excluding carboxylic acids is 1. The molecule has 1 N–H and O–H groups in total. The first-order chi connectivity index (χ1) is 13.1. The molecule has 3 heterocycles. The third kappa shape index (κ3) is 3.72. The second-order valence-electron chi connectivity index (χ2n) is 6.92. The Morgan fingerprint density at radius 1 is 1.07 bits per heavy atom. The molecule has 2 aromatic heterocycles. The van der Waals surface area contributed by atoms with Gasteiger partial charge in [0.1, 0.15) is 5.52 Å². The molecule has 0 bridgehead atoms. The maximum absolute atomic E-state index is 12.8. The Kier molecular flexibility index (Phi) is 4.66. The van der Waals surface area contributed by atoms with Crippen LogP contribution in [0.15, 0.2) is 36.7 Å². The molecule has 27 heavy (non-hydrogen) atoms. The van der Waals surface area contributed by atoms with Crippen LogP contribution < -0.4 is 10.2 Å². The Hall–Kier alpha value is -3.09. The van der Waals surface area contributed by atoms with Gasteiger partial charge >= 0.3 is 0 Å². The summed E-state index contributed by atoms with van der Waals surface area (Å²) in [4.78, 5) is 32.6. The van der Waals surface area contributed by atoms with Crippen molar-refractivity contribution in [1.82, 2.24) is 25.3 Å². The number of fused-ring (bicyclic) bond motifs is 1. The first kappa shape index (κ1) is 17.3. The molecule has 0 spiro atoms. The number of carbonyl (C=O) groups is 1. The summed E-state index contributed by atoms with van der Waals surface area (Å²) in [6.07, 6.45) is 4.97. The summed E-state index contributed by atoms with van der Waals surface area (Å²) in [6, 6.07) is 7.61. The van der Waals surface area contributed by atoms with Gasteiger partial charge in [0.2, 0.25) is 5.95 Å². The summed E-state index contributed by atoms with van der Waals surface area (Å²) in [7, 11) is 0. The van der Waals surface area contributed by atoms with Crippen LogP contribution in [0.1, 0.15) is 34.6 Å². The Balaban J connectivity index is 1.42. The number of anilines is 1. The van der Waals surface area contributed by atoms with E-state index in [-0.39, 0.29) is 11.9 Å². The van der Waals surface area contributed by atoms with Crippen LogP contribution in [0.5, 0.6) is 0 Å². The molecule has 0 radical (unpaired) electrons. The number of hydrogen-bond donors (Lipinski definition) is 1. The standard InChI is InChI=1S/C20H22N6O/c1-13-12-14(2)24-20(23-13)26-10-6-15(7-11-26)25-19(27)16-4-3-5-17-18(16)22-9-8-21-17/h3-5,8-9,12,15H,6-7,10-11H2,1-2H3,(H,25,27). The first-order valence-electron chi connectivity index (χ1n) is 9.18. The van der Waals surface area contributed by atoms with Gasteiger partial charge < -0.3 is 10.2 Å². The number of nitrogens with one attached hydrogen (secondary N) is 1. The SMILES string of the molecule is Cc1cc(C)nc(N2CCC(NC(=O)c3cccc4nccnc34)CC2)n1. The number of rotatable bonds is 3. The van der Waals surface area contributed by atoms with Crippen LogP contribution in [0.4, 0.5) is 5.95 Å². The predicted molar refractivity (Wildman–Crippen MR) is 104 cm³/mol. The summed E-state index contributed by atoms with van der Waals surface area (Å²) in [5, 5.41) is 3.15. The molecule has 3 aromatic rings. The molecule has 7 heteroatoms. The van der Waals surface area contributed by atoms with Gasteiger partial charge in [0.25, 0.3) is 5.91 Å². The fourth-order valence-corrected chi connectivity index (χ4v) is 3.51. The van der Waals surface area contributed by atoms with Crippen molar-refractivity contribution in [2.75, 3.05) is 18.0 Å². The van der Waals surface area contributed by atoms with Crippen LogP contribution in [0.2, 0.25) is 0 Å². The lowest BCUT2D eigenvalue weighted by Crippen LogP contribution is -2.45. The maximum atomic E-state index is 12.8. The highest BCUT2D eigenvalue weighted by atomic mass is 16.1. The van der Waals surface area contributed by atoms with E-state index in [1.54, 1.807) is 18.5 Å². The van der Waals surface area contributed by atoms with E-state index in [1.165, 1.54) is 0 Å². The van der Waals surface area contributed by atoms with Gasteiger partial charge in [0.15, 0.2) is 0 Å². The largest absolute Gasteiger partial charge is 0.349 e.